The van der Waals surface area contributed by atoms with Crippen LogP contribution >= 0.6 is 0 Å². The van der Waals surface area contributed by atoms with Crippen LogP contribution in [0.1, 0.15) is 47.5 Å². The van der Waals surface area contributed by atoms with E-state index in [0.717, 1.165) is 16.3 Å². The standard InChI is InChI=1S/C16H26O2Si/c1-8-11-12(9-2)15(18)14(10-13(11)17)19(6,7)16(3,4)5/h10H,8-9H2,1-7H3. The lowest BCUT2D eigenvalue weighted by atomic mass is 9.91. The van der Waals surface area contributed by atoms with Gasteiger partial charge in [-0.05, 0) is 29.2 Å². The maximum atomic E-state index is 12.7. The first-order valence-electron chi connectivity index (χ1n) is 7.11. The second-order valence-electron chi connectivity index (χ2n) is 6.79. The number of rotatable bonds is 3. The van der Waals surface area contributed by atoms with E-state index in [9.17, 15) is 9.59 Å². The zero-order valence-corrected chi connectivity index (χ0v) is 14.3. The van der Waals surface area contributed by atoms with Crippen molar-refractivity contribution in [1.29, 1.82) is 0 Å². The molecular formula is C16H26O2Si. The molecule has 2 nitrogen and oxygen atoms in total. The zero-order valence-electron chi connectivity index (χ0n) is 13.3. The number of carbonyl (C=O) groups is 2. The summed E-state index contributed by atoms with van der Waals surface area (Å²) >= 11 is 0. The fraction of sp³-hybridized carbons (Fsp3) is 0.625. The van der Waals surface area contributed by atoms with Crippen molar-refractivity contribution in [3.63, 3.8) is 0 Å². The summed E-state index contributed by atoms with van der Waals surface area (Å²) in [4.78, 5) is 25.0. The number of hydrogen-bond donors (Lipinski definition) is 0. The fourth-order valence-electron chi connectivity index (χ4n) is 2.36. The number of Topliss-reactive ketones (excluding diaryl/α,β-unsaturated/α-hetero) is 1. The zero-order chi connectivity index (χ0) is 15.0. The van der Waals surface area contributed by atoms with Gasteiger partial charge in [-0.15, -0.1) is 0 Å². The van der Waals surface area contributed by atoms with Crippen molar-refractivity contribution < 1.29 is 9.59 Å². The van der Waals surface area contributed by atoms with Gasteiger partial charge in [0.1, 0.15) is 0 Å². The first-order valence-corrected chi connectivity index (χ1v) is 10.1. The molecule has 0 heterocycles. The van der Waals surface area contributed by atoms with Crippen molar-refractivity contribution in [3.8, 4) is 0 Å². The van der Waals surface area contributed by atoms with E-state index in [1.807, 2.05) is 13.8 Å². The lowest BCUT2D eigenvalue weighted by Crippen LogP contribution is -2.44. The molecule has 0 N–H and O–H groups in total. The summed E-state index contributed by atoms with van der Waals surface area (Å²) in [5, 5.41) is 0.871. The molecular weight excluding hydrogens is 252 g/mol. The molecule has 1 aliphatic rings. The highest BCUT2D eigenvalue weighted by Gasteiger charge is 2.44. The molecule has 0 amide bonds. The van der Waals surface area contributed by atoms with Gasteiger partial charge in [0, 0.05) is 11.1 Å². The van der Waals surface area contributed by atoms with Crippen molar-refractivity contribution in [2.24, 2.45) is 0 Å². The maximum Gasteiger partial charge on any atom is 0.182 e. The second kappa shape index (κ2) is 5.20. The van der Waals surface area contributed by atoms with Gasteiger partial charge < -0.3 is 0 Å². The van der Waals surface area contributed by atoms with Gasteiger partial charge in [-0.2, -0.15) is 0 Å². The Morgan fingerprint density at radius 1 is 1.00 bits per heavy atom. The fourth-order valence-corrected chi connectivity index (χ4v) is 4.38. The van der Waals surface area contributed by atoms with Crippen LogP contribution in [0.2, 0.25) is 18.1 Å². The van der Waals surface area contributed by atoms with Crippen LogP contribution in [-0.4, -0.2) is 19.6 Å². The minimum Gasteiger partial charge on any atom is -0.290 e. The molecule has 19 heavy (non-hydrogen) atoms. The average molecular weight is 278 g/mol. The molecule has 0 atom stereocenters. The Morgan fingerprint density at radius 3 is 1.84 bits per heavy atom. The van der Waals surface area contributed by atoms with E-state index in [4.69, 9.17) is 0 Å². The number of allylic oxidation sites excluding steroid dienone is 4. The van der Waals surface area contributed by atoms with E-state index in [1.54, 1.807) is 6.08 Å². The maximum absolute atomic E-state index is 12.7. The summed E-state index contributed by atoms with van der Waals surface area (Å²) in [6.07, 6.45) is 2.94. The topological polar surface area (TPSA) is 34.1 Å². The Balaban J connectivity index is 3.37. The predicted molar refractivity (Wildman–Crippen MR) is 82.9 cm³/mol. The van der Waals surface area contributed by atoms with Gasteiger partial charge in [0.25, 0.3) is 0 Å². The molecule has 1 aliphatic carbocycles. The van der Waals surface area contributed by atoms with Gasteiger partial charge in [-0.3, -0.25) is 9.59 Å². The van der Waals surface area contributed by atoms with Gasteiger partial charge in [-0.25, -0.2) is 0 Å². The summed E-state index contributed by atoms with van der Waals surface area (Å²) in [7, 11) is -1.95. The molecule has 0 aromatic heterocycles. The van der Waals surface area contributed by atoms with E-state index in [1.165, 1.54) is 0 Å². The van der Waals surface area contributed by atoms with Crippen LogP contribution in [-0.2, 0) is 9.59 Å². The molecule has 0 aliphatic heterocycles. The van der Waals surface area contributed by atoms with Crippen molar-refractivity contribution in [3.05, 3.63) is 22.4 Å². The van der Waals surface area contributed by atoms with Gasteiger partial charge in [0.15, 0.2) is 11.6 Å². The summed E-state index contributed by atoms with van der Waals surface area (Å²) in [5.74, 6) is 0.185. The highest BCUT2D eigenvalue weighted by Crippen LogP contribution is 2.43. The van der Waals surface area contributed by atoms with Gasteiger partial charge in [0.2, 0.25) is 0 Å². The molecule has 0 saturated heterocycles. The molecule has 3 heteroatoms. The number of carbonyl (C=O) groups excluding carboxylic acids is 2. The largest absolute Gasteiger partial charge is 0.290 e. The molecule has 1 rings (SSSR count). The lowest BCUT2D eigenvalue weighted by Gasteiger charge is -2.39. The van der Waals surface area contributed by atoms with Crippen LogP contribution in [0.15, 0.2) is 22.4 Å². The highest BCUT2D eigenvalue weighted by molar-refractivity contribution is 6.91. The van der Waals surface area contributed by atoms with Crippen molar-refractivity contribution in [2.45, 2.75) is 65.6 Å². The minimum atomic E-state index is -1.95. The quantitative estimate of drug-likeness (QED) is 0.572. The third-order valence-electron chi connectivity index (χ3n) is 4.71. The normalized spacial score (nSPS) is 17.9. The van der Waals surface area contributed by atoms with Crippen LogP contribution in [0.3, 0.4) is 0 Å². The Morgan fingerprint density at radius 2 is 1.47 bits per heavy atom. The summed E-state index contributed by atoms with van der Waals surface area (Å²) in [6, 6.07) is 0. The van der Waals surface area contributed by atoms with Gasteiger partial charge >= 0.3 is 0 Å². The Kier molecular flexibility index (Phi) is 4.40. The molecule has 0 radical (unpaired) electrons. The van der Waals surface area contributed by atoms with E-state index in [2.05, 4.69) is 33.9 Å². The summed E-state index contributed by atoms with van der Waals surface area (Å²) in [6.45, 7) is 14.8. The number of hydrogen-bond acceptors (Lipinski definition) is 2. The van der Waals surface area contributed by atoms with Crippen LogP contribution in [0, 0.1) is 0 Å². The molecule has 0 unspecified atom stereocenters. The van der Waals surface area contributed by atoms with E-state index < -0.39 is 8.07 Å². The molecule has 0 aromatic carbocycles. The monoisotopic (exact) mass is 278 g/mol. The molecule has 0 spiro atoms. The van der Waals surface area contributed by atoms with Crippen molar-refractivity contribution in [1.82, 2.24) is 0 Å². The van der Waals surface area contributed by atoms with Crippen molar-refractivity contribution >= 4 is 19.6 Å². The lowest BCUT2D eigenvalue weighted by molar-refractivity contribution is -0.115. The van der Waals surface area contributed by atoms with Crippen LogP contribution in [0.5, 0.6) is 0 Å². The average Bonchev–Trinajstić information content (AvgIpc) is 2.29. The SMILES string of the molecule is CCC1=C(CC)C(=O)C([Si](C)(C)C(C)(C)C)=CC1=O. The van der Waals surface area contributed by atoms with Crippen LogP contribution in [0.25, 0.3) is 0 Å². The Labute approximate surface area is 118 Å². The van der Waals surface area contributed by atoms with Crippen LogP contribution in [0.4, 0.5) is 0 Å². The Bertz CT molecular complexity index is 473. The van der Waals surface area contributed by atoms with Gasteiger partial charge in [-0.1, -0.05) is 47.7 Å². The molecule has 0 bridgehead atoms. The predicted octanol–water partition coefficient (Wildman–Crippen LogP) is 4.23. The molecule has 0 aromatic rings. The summed E-state index contributed by atoms with van der Waals surface area (Å²) in [5.41, 5.74) is 1.46. The minimum absolute atomic E-state index is 0.0544. The van der Waals surface area contributed by atoms with E-state index in [-0.39, 0.29) is 16.6 Å². The highest BCUT2D eigenvalue weighted by atomic mass is 28.3. The Hall–Kier alpha value is -0.963. The smallest absolute Gasteiger partial charge is 0.182 e. The third-order valence-corrected chi connectivity index (χ3v) is 10.2. The summed E-state index contributed by atoms with van der Waals surface area (Å²) < 4.78 is 0. The van der Waals surface area contributed by atoms with Crippen LogP contribution < -0.4 is 0 Å². The first-order chi connectivity index (χ1) is 8.57. The van der Waals surface area contributed by atoms with E-state index >= 15 is 0 Å². The molecule has 0 fully saturated rings. The number of ketones is 2. The second-order valence-corrected chi connectivity index (χ2v) is 12.1. The third kappa shape index (κ3) is 2.66. The first kappa shape index (κ1) is 16.1. The van der Waals surface area contributed by atoms with E-state index in [0.29, 0.717) is 12.8 Å². The van der Waals surface area contributed by atoms with Crippen molar-refractivity contribution in [2.75, 3.05) is 0 Å². The molecule has 106 valence electrons. The van der Waals surface area contributed by atoms with Gasteiger partial charge in [0.05, 0.1) is 8.07 Å². The molecule has 0 saturated carbocycles.